The molecule has 0 saturated heterocycles. The molecule has 6 heteroatoms. The van der Waals surface area contributed by atoms with Crippen LogP contribution in [0.1, 0.15) is 80.0 Å². The van der Waals surface area contributed by atoms with Crippen molar-refractivity contribution >= 4 is 33.7 Å². The van der Waals surface area contributed by atoms with Crippen molar-refractivity contribution in [1.82, 2.24) is 9.97 Å². The van der Waals surface area contributed by atoms with Gasteiger partial charge in [0.05, 0.1) is 22.2 Å². The number of aromatic carboxylic acids is 2. The number of nitrogens with zero attached hydrogens (tertiary/aromatic N) is 2. The highest BCUT2D eigenvalue weighted by molar-refractivity contribution is 6.05. The first-order chi connectivity index (χ1) is 17.0. The molecule has 0 unspecified atom stereocenters. The van der Waals surface area contributed by atoms with Crippen LogP contribution in [0.15, 0.2) is 36.4 Å². The van der Waals surface area contributed by atoms with E-state index in [4.69, 9.17) is 9.97 Å². The summed E-state index contributed by atoms with van der Waals surface area (Å²) in [5, 5.41) is 21.4. The third-order valence-electron chi connectivity index (χ3n) is 7.49. The molecule has 2 heterocycles. The van der Waals surface area contributed by atoms with Crippen LogP contribution in [0.25, 0.3) is 21.8 Å². The molecule has 2 aromatic carbocycles. The van der Waals surface area contributed by atoms with Gasteiger partial charge in [-0.1, -0.05) is 12.1 Å². The fourth-order valence-electron chi connectivity index (χ4n) is 5.89. The number of benzene rings is 2. The van der Waals surface area contributed by atoms with Gasteiger partial charge in [-0.3, -0.25) is 9.97 Å². The van der Waals surface area contributed by atoms with Crippen molar-refractivity contribution < 1.29 is 19.8 Å². The molecule has 2 aromatic heterocycles. The molecule has 0 fully saturated rings. The zero-order valence-corrected chi connectivity index (χ0v) is 19.4. The maximum atomic E-state index is 12.2. The number of hydrogen-bond donors (Lipinski definition) is 2. The predicted molar refractivity (Wildman–Crippen MR) is 133 cm³/mol. The van der Waals surface area contributed by atoms with Crippen LogP contribution in [-0.2, 0) is 32.1 Å². The zero-order chi connectivity index (χ0) is 24.1. The SMILES string of the molecule is O=C(O)c1c2c(nc3ccc(Cc4ccc5nc6c(c(C(=O)O)c5c4)CCCC6)cc13)CCCC2. The summed E-state index contributed by atoms with van der Waals surface area (Å²) in [5.41, 5.74) is 7.73. The Morgan fingerprint density at radius 2 is 1.09 bits per heavy atom. The van der Waals surface area contributed by atoms with Gasteiger partial charge in [-0.2, -0.15) is 0 Å². The van der Waals surface area contributed by atoms with Crippen molar-refractivity contribution in [2.75, 3.05) is 0 Å². The van der Waals surface area contributed by atoms with E-state index < -0.39 is 11.9 Å². The lowest BCUT2D eigenvalue weighted by atomic mass is 9.88. The number of fused-ring (bicyclic) bond motifs is 4. The molecule has 0 radical (unpaired) electrons. The summed E-state index contributed by atoms with van der Waals surface area (Å²) < 4.78 is 0. The van der Waals surface area contributed by atoms with E-state index in [1.54, 1.807) is 0 Å². The lowest BCUT2D eigenvalue weighted by molar-refractivity contribution is 0.0686. The predicted octanol–water partition coefficient (Wildman–Crippen LogP) is 5.53. The smallest absolute Gasteiger partial charge is 0.336 e. The van der Waals surface area contributed by atoms with Crippen LogP contribution in [0.3, 0.4) is 0 Å². The maximum Gasteiger partial charge on any atom is 0.336 e. The molecule has 4 aromatic rings. The van der Waals surface area contributed by atoms with E-state index in [0.29, 0.717) is 39.4 Å². The second kappa shape index (κ2) is 8.45. The largest absolute Gasteiger partial charge is 0.478 e. The second-order valence-electron chi connectivity index (χ2n) is 9.73. The summed E-state index contributed by atoms with van der Waals surface area (Å²) in [6.45, 7) is 0. The summed E-state index contributed by atoms with van der Waals surface area (Å²) in [5.74, 6) is -1.80. The van der Waals surface area contributed by atoms with E-state index in [0.717, 1.165) is 85.0 Å². The van der Waals surface area contributed by atoms with Gasteiger partial charge in [0, 0.05) is 22.2 Å². The minimum atomic E-state index is -0.902. The molecule has 6 rings (SSSR count). The topological polar surface area (TPSA) is 100 Å². The molecule has 35 heavy (non-hydrogen) atoms. The molecule has 0 saturated carbocycles. The van der Waals surface area contributed by atoms with Crippen LogP contribution in [-0.4, -0.2) is 32.1 Å². The van der Waals surface area contributed by atoms with E-state index in [1.165, 1.54) is 0 Å². The number of pyridine rings is 2. The summed E-state index contributed by atoms with van der Waals surface area (Å²) >= 11 is 0. The fourth-order valence-corrected chi connectivity index (χ4v) is 5.89. The lowest BCUT2D eigenvalue weighted by Crippen LogP contribution is -2.13. The van der Waals surface area contributed by atoms with Crippen LogP contribution in [0.2, 0.25) is 0 Å². The molecule has 0 bridgehead atoms. The number of hydrogen-bond acceptors (Lipinski definition) is 4. The van der Waals surface area contributed by atoms with Crippen LogP contribution < -0.4 is 0 Å². The van der Waals surface area contributed by atoms with Gasteiger partial charge in [-0.05, 0) is 104 Å². The van der Waals surface area contributed by atoms with Crippen molar-refractivity contribution in [2.45, 2.75) is 57.8 Å². The highest BCUT2D eigenvalue weighted by atomic mass is 16.4. The van der Waals surface area contributed by atoms with Crippen molar-refractivity contribution in [1.29, 1.82) is 0 Å². The number of carboxylic acids is 2. The molecule has 0 aliphatic heterocycles. The summed E-state index contributed by atoms with van der Waals surface area (Å²) in [4.78, 5) is 34.0. The zero-order valence-electron chi connectivity index (χ0n) is 19.4. The van der Waals surface area contributed by atoms with Gasteiger partial charge in [0.25, 0.3) is 0 Å². The quantitative estimate of drug-likeness (QED) is 0.410. The molecule has 0 spiro atoms. The number of aryl methyl sites for hydroxylation is 2. The molecule has 2 N–H and O–H groups in total. The third kappa shape index (κ3) is 3.73. The van der Waals surface area contributed by atoms with E-state index in [2.05, 4.69) is 0 Å². The Balaban J connectivity index is 1.44. The Morgan fingerprint density at radius 1 is 0.657 bits per heavy atom. The Morgan fingerprint density at radius 3 is 1.51 bits per heavy atom. The monoisotopic (exact) mass is 466 g/mol. The van der Waals surface area contributed by atoms with Crippen LogP contribution in [0.4, 0.5) is 0 Å². The Hall–Kier alpha value is -3.80. The second-order valence-corrected chi connectivity index (χ2v) is 9.73. The number of rotatable bonds is 4. The highest BCUT2D eigenvalue weighted by Crippen LogP contribution is 2.32. The van der Waals surface area contributed by atoms with Gasteiger partial charge >= 0.3 is 11.9 Å². The lowest BCUT2D eigenvalue weighted by Gasteiger charge is -2.19. The molecule has 2 aliphatic rings. The Labute approximate surface area is 202 Å². The minimum absolute atomic E-state index is 0.383. The summed E-state index contributed by atoms with van der Waals surface area (Å²) in [6.07, 6.45) is 7.79. The number of carboxylic acid groups (broad SMARTS) is 2. The summed E-state index contributed by atoms with van der Waals surface area (Å²) in [7, 11) is 0. The van der Waals surface area contributed by atoms with Crippen molar-refractivity contribution in [3.63, 3.8) is 0 Å². The van der Waals surface area contributed by atoms with E-state index in [9.17, 15) is 19.8 Å². The van der Waals surface area contributed by atoms with Gasteiger partial charge in [0.1, 0.15) is 0 Å². The Bertz CT molecular complexity index is 1420. The number of aromatic nitrogens is 2. The average Bonchev–Trinajstić information content (AvgIpc) is 2.85. The Kier molecular flexibility index (Phi) is 5.24. The van der Waals surface area contributed by atoms with Gasteiger partial charge in [-0.15, -0.1) is 0 Å². The molecule has 176 valence electrons. The minimum Gasteiger partial charge on any atom is -0.478 e. The van der Waals surface area contributed by atoms with Crippen molar-refractivity contribution in [3.8, 4) is 0 Å². The van der Waals surface area contributed by atoms with E-state index in [-0.39, 0.29) is 0 Å². The molecule has 6 nitrogen and oxygen atoms in total. The van der Waals surface area contributed by atoms with Gasteiger partial charge in [0.2, 0.25) is 0 Å². The first-order valence-corrected chi connectivity index (χ1v) is 12.3. The highest BCUT2D eigenvalue weighted by Gasteiger charge is 2.24. The normalized spacial score (nSPS) is 15.1. The third-order valence-corrected chi connectivity index (χ3v) is 7.49. The van der Waals surface area contributed by atoms with Crippen molar-refractivity contribution in [3.05, 3.63) is 81.2 Å². The van der Waals surface area contributed by atoms with Gasteiger partial charge < -0.3 is 10.2 Å². The summed E-state index contributed by atoms with van der Waals surface area (Å²) in [6, 6.07) is 11.7. The molecule has 2 aliphatic carbocycles. The standard InChI is InChI=1S/C29H26N2O4/c32-28(33)26-18-5-1-3-7-22(18)30-24-11-9-16(14-20(24)26)13-17-10-12-25-21(15-17)27(29(34)35)19-6-2-4-8-23(19)31-25/h9-12,14-15H,1-8,13H2,(H,32,33)(H,34,35). The van der Waals surface area contributed by atoms with Crippen LogP contribution >= 0.6 is 0 Å². The average molecular weight is 467 g/mol. The number of carbonyl (C=O) groups is 2. The fraction of sp³-hybridized carbons (Fsp3) is 0.310. The van der Waals surface area contributed by atoms with E-state index in [1.807, 2.05) is 36.4 Å². The first-order valence-electron chi connectivity index (χ1n) is 12.3. The molecular weight excluding hydrogens is 440 g/mol. The maximum absolute atomic E-state index is 12.2. The van der Waals surface area contributed by atoms with Crippen LogP contribution in [0, 0.1) is 0 Å². The molecule has 0 atom stereocenters. The van der Waals surface area contributed by atoms with Gasteiger partial charge in [0.15, 0.2) is 0 Å². The molecular formula is C29H26N2O4. The first kappa shape index (κ1) is 21.7. The van der Waals surface area contributed by atoms with Gasteiger partial charge in [-0.25, -0.2) is 9.59 Å². The molecule has 0 amide bonds. The van der Waals surface area contributed by atoms with E-state index >= 15 is 0 Å². The van der Waals surface area contributed by atoms with Crippen LogP contribution in [0.5, 0.6) is 0 Å². The van der Waals surface area contributed by atoms with Crippen molar-refractivity contribution in [2.24, 2.45) is 0 Å².